The van der Waals surface area contributed by atoms with Gasteiger partial charge in [0.1, 0.15) is 11.5 Å². The molecule has 0 aromatic heterocycles. The Morgan fingerprint density at radius 1 is 1.00 bits per heavy atom. The number of halogens is 3. The number of nitriles is 1. The van der Waals surface area contributed by atoms with E-state index in [1.165, 1.54) is 6.07 Å². The third kappa shape index (κ3) is 3.06. The minimum absolute atomic E-state index is 0.0534. The van der Waals surface area contributed by atoms with Gasteiger partial charge in [-0.2, -0.15) is 18.4 Å². The summed E-state index contributed by atoms with van der Waals surface area (Å²) in [6, 6.07) is 8.46. The Labute approximate surface area is 126 Å². The van der Waals surface area contributed by atoms with Gasteiger partial charge in [-0.1, -0.05) is 6.07 Å². The Morgan fingerprint density at radius 2 is 1.68 bits per heavy atom. The van der Waals surface area contributed by atoms with Gasteiger partial charge in [-0.15, -0.1) is 0 Å². The second-order valence-electron chi connectivity index (χ2n) is 5.05. The van der Waals surface area contributed by atoms with Gasteiger partial charge < -0.3 is 4.74 Å². The van der Waals surface area contributed by atoms with Crippen molar-refractivity contribution < 1.29 is 17.9 Å². The first-order chi connectivity index (χ1) is 10.2. The standard InChI is InChI=1S/C17H14F3NO/c1-10-4-7-16(12(3)11(10)2)22-14-6-5-13(9-21)15(8-14)17(18,19)20/h4-8H,1-3H3. The van der Waals surface area contributed by atoms with Gasteiger partial charge in [0.15, 0.2) is 0 Å². The Morgan fingerprint density at radius 3 is 2.27 bits per heavy atom. The third-order valence-corrected chi connectivity index (χ3v) is 3.65. The summed E-state index contributed by atoms with van der Waals surface area (Å²) in [5.74, 6) is 0.554. The van der Waals surface area contributed by atoms with E-state index in [-0.39, 0.29) is 5.75 Å². The van der Waals surface area contributed by atoms with Crippen LogP contribution in [0.2, 0.25) is 0 Å². The summed E-state index contributed by atoms with van der Waals surface area (Å²) < 4.78 is 44.4. The molecule has 0 spiro atoms. The quantitative estimate of drug-likeness (QED) is 0.754. The van der Waals surface area contributed by atoms with Crippen molar-refractivity contribution in [2.24, 2.45) is 0 Å². The first-order valence-corrected chi connectivity index (χ1v) is 6.60. The molecule has 0 aliphatic carbocycles. The minimum Gasteiger partial charge on any atom is -0.457 e. The number of rotatable bonds is 2. The molecular weight excluding hydrogens is 291 g/mol. The number of hydrogen-bond donors (Lipinski definition) is 0. The van der Waals surface area contributed by atoms with Crippen molar-refractivity contribution >= 4 is 0 Å². The van der Waals surface area contributed by atoms with Crippen molar-refractivity contribution in [3.8, 4) is 17.6 Å². The maximum Gasteiger partial charge on any atom is 0.417 e. The SMILES string of the molecule is Cc1ccc(Oc2ccc(C#N)c(C(F)(F)F)c2)c(C)c1C. The van der Waals surface area contributed by atoms with E-state index in [1.54, 1.807) is 12.1 Å². The highest BCUT2D eigenvalue weighted by atomic mass is 19.4. The smallest absolute Gasteiger partial charge is 0.417 e. The Hall–Kier alpha value is -2.48. The van der Waals surface area contributed by atoms with Crippen LogP contribution in [0.4, 0.5) is 13.2 Å². The molecule has 0 unspecified atom stereocenters. The summed E-state index contributed by atoms with van der Waals surface area (Å²) in [5.41, 5.74) is 1.58. The highest BCUT2D eigenvalue weighted by Gasteiger charge is 2.34. The van der Waals surface area contributed by atoms with Gasteiger partial charge in [-0.25, -0.2) is 0 Å². The van der Waals surface area contributed by atoms with Gasteiger partial charge in [0, 0.05) is 0 Å². The van der Waals surface area contributed by atoms with Gasteiger partial charge in [-0.3, -0.25) is 0 Å². The number of benzene rings is 2. The van der Waals surface area contributed by atoms with Crippen molar-refractivity contribution in [2.45, 2.75) is 26.9 Å². The number of alkyl halides is 3. The van der Waals surface area contributed by atoms with Gasteiger partial charge in [-0.05, 0) is 61.7 Å². The highest BCUT2D eigenvalue weighted by Crippen LogP contribution is 2.36. The molecule has 5 heteroatoms. The molecule has 0 bridgehead atoms. The zero-order valence-corrected chi connectivity index (χ0v) is 12.4. The van der Waals surface area contributed by atoms with Crippen LogP contribution < -0.4 is 4.74 Å². The van der Waals surface area contributed by atoms with E-state index in [2.05, 4.69) is 0 Å². The number of nitrogens with zero attached hydrogens (tertiary/aromatic N) is 1. The molecule has 0 atom stereocenters. The number of hydrogen-bond acceptors (Lipinski definition) is 2. The predicted molar refractivity (Wildman–Crippen MR) is 76.9 cm³/mol. The fraction of sp³-hybridized carbons (Fsp3) is 0.235. The lowest BCUT2D eigenvalue weighted by atomic mass is 10.0. The van der Waals surface area contributed by atoms with Crippen LogP contribution in [0.3, 0.4) is 0 Å². The van der Waals surface area contributed by atoms with Gasteiger partial charge in [0.25, 0.3) is 0 Å². The molecule has 0 N–H and O–H groups in total. The average molecular weight is 305 g/mol. The van der Waals surface area contributed by atoms with Crippen LogP contribution in [0, 0.1) is 32.1 Å². The summed E-state index contributed by atoms with van der Waals surface area (Å²) in [6.45, 7) is 5.74. The normalized spacial score (nSPS) is 11.1. The van der Waals surface area contributed by atoms with Gasteiger partial charge in [0.05, 0.1) is 17.2 Å². The number of ether oxygens (including phenoxy) is 1. The van der Waals surface area contributed by atoms with Crippen LogP contribution in [0.25, 0.3) is 0 Å². The zero-order valence-electron chi connectivity index (χ0n) is 12.4. The lowest BCUT2D eigenvalue weighted by molar-refractivity contribution is -0.137. The lowest BCUT2D eigenvalue weighted by Crippen LogP contribution is -2.08. The van der Waals surface area contributed by atoms with Crippen molar-refractivity contribution in [2.75, 3.05) is 0 Å². The summed E-state index contributed by atoms with van der Waals surface area (Å²) in [4.78, 5) is 0. The molecule has 0 fully saturated rings. The summed E-state index contributed by atoms with van der Waals surface area (Å²) in [7, 11) is 0. The molecule has 2 aromatic carbocycles. The topological polar surface area (TPSA) is 33.0 Å². The van der Waals surface area contributed by atoms with Crippen LogP contribution in [0.1, 0.15) is 27.8 Å². The van der Waals surface area contributed by atoms with Crippen LogP contribution in [-0.4, -0.2) is 0 Å². The van der Waals surface area contributed by atoms with E-state index in [4.69, 9.17) is 10.00 Å². The van der Waals surface area contributed by atoms with E-state index in [0.717, 1.165) is 28.8 Å². The first kappa shape index (κ1) is 15.9. The molecule has 0 saturated heterocycles. The molecule has 22 heavy (non-hydrogen) atoms. The van der Waals surface area contributed by atoms with Crippen molar-refractivity contribution in [3.63, 3.8) is 0 Å². The Bertz CT molecular complexity index is 758. The highest BCUT2D eigenvalue weighted by molar-refractivity contribution is 5.48. The number of aryl methyl sites for hydroxylation is 1. The van der Waals surface area contributed by atoms with E-state index in [1.807, 2.05) is 26.8 Å². The zero-order chi connectivity index (χ0) is 16.5. The van der Waals surface area contributed by atoms with E-state index >= 15 is 0 Å². The third-order valence-electron chi connectivity index (χ3n) is 3.65. The molecule has 2 rings (SSSR count). The van der Waals surface area contributed by atoms with Crippen molar-refractivity contribution in [1.82, 2.24) is 0 Å². The fourth-order valence-corrected chi connectivity index (χ4v) is 2.09. The molecule has 0 heterocycles. The summed E-state index contributed by atoms with van der Waals surface area (Å²) in [6.07, 6.45) is -4.59. The van der Waals surface area contributed by atoms with Crippen LogP contribution in [0.15, 0.2) is 30.3 Å². The molecular formula is C17H14F3NO. The van der Waals surface area contributed by atoms with E-state index in [0.29, 0.717) is 5.75 Å². The second-order valence-corrected chi connectivity index (χ2v) is 5.05. The van der Waals surface area contributed by atoms with Crippen LogP contribution in [0.5, 0.6) is 11.5 Å². The van der Waals surface area contributed by atoms with Gasteiger partial charge >= 0.3 is 6.18 Å². The fourth-order valence-electron chi connectivity index (χ4n) is 2.09. The molecule has 0 saturated carbocycles. The molecule has 0 aliphatic rings. The molecule has 114 valence electrons. The van der Waals surface area contributed by atoms with Crippen LogP contribution >= 0.6 is 0 Å². The largest absolute Gasteiger partial charge is 0.457 e. The first-order valence-electron chi connectivity index (χ1n) is 6.60. The predicted octanol–water partition coefficient (Wildman–Crippen LogP) is 5.29. The van der Waals surface area contributed by atoms with Crippen molar-refractivity contribution in [3.05, 3.63) is 58.1 Å². The molecule has 0 aliphatic heterocycles. The van der Waals surface area contributed by atoms with Crippen molar-refractivity contribution in [1.29, 1.82) is 5.26 Å². The monoisotopic (exact) mass is 305 g/mol. The average Bonchev–Trinajstić information content (AvgIpc) is 2.47. The van der Waals surface area contributed by atoms with E-state index in [9.17, 15) is 13.2 Å². The maximum atomic E-state index is 12.9. The van der Waals surface area contributed by atoms with E-state index < -0.39 is 17.3 Å². The molecule has 0 amide bonds. The second kappa shape index (κ2) is 5.72. The molecule has 0 radical (unpaired) electrons. The minimum atomic E-state index is -4.59. The summed E-state index contributed by atoms with van der Waals surface area (Å²) in [5, 5.41) is 8.78. The molecule has 2 nitrogen and oxygen atoms in total. The molecule has 2 aromatic rings. The van der Waals surface area contributed by atoms with Gasteiger partial charge in [0.2, 0.25) is 0 Å². The Kier molecular flexibility index (Phi) is 4.14. The van der Waals surface area contributed by atoms with Crippen LogP contribution in [-0.2, 0) is 6.18 Å². The summed E-state index contributed by atoms with van der Waals surface area (Å²) >= 11 is 0. The maximum absolute atomic E-state index is 12.9. The Balaban J connectivity index is 2.44. The lowest BCUT2D eigenvalue weighted by Gasteiger charge is -2.14.